The maximum atomic E-state index is 13.6. The minimum atomic E-state index is -1.15. The van der Waals surface area contributed by atoms with Crippen molar-refractivity contribution in [3.63, 3.8) is 0 Å². The minimum absolute atomic E-state index is 0.105. The minimum Gasteiger partial charge on any atom is -0.410 e. The molecule has 0 saturated carbocycles. The quantitative estimate of drug-likeness (QED) is 0.0483. The van der Waals surface area contributed by atoms with Gasteiger partial charge in [0.2, 0.25) is 5.75 Å². The molecule has 2 atom stereocenters. The zero-order valence-corrected chi connectivity index (χ0v) is 28.0. The zero-order chi connectivity index (χ0) is 34.7. The molecule has 15 heteroatoms. The summed E-state index contributed by atoms with van der Waals surface area (Å²) in [5, 5.41) is 47.0. The number of unbranched alkanes of at least 4 members (excludes halogenated alkanes) is 6. The third-order valence-electron chi connectivity index (χ3n) is 8.19. The van der Waals surface area contributed by atoms with E-state index in [4.69, 9.17) is 4.74 Å². The molecular formula is C31H42N4O10S. The Kier molecular flexibility index (Phi) is 14.5. The van der Waals surface area contributed by atoms with Crippen molar-refractivity contribution in [2.45, 2.75) is 122 Å². The molecule has 46 heavy (non-hydrogen) atoms. The lowest BCUT2D eigenvalue weighted by Crippen LogP contribution is -2.12. The number of benzene rings is 2. The zero-order valence-electron chi connectivity index (χ0n) is 27.2. The molecule has 2 rings (SSSR count). The number of carbonyl (C=O) groups excluding carboxylic acids is 1. The van der Waals surface area contributed by atoms with Crippen molar-refractivity contribution < 1.29 is 29.2 Å². The second-order valence-corrected chi connectivity index (χ2v) is 12.5. The highest BCUT2D eigenvalue weighted by atomic mass is 32.2. The predicted octanol–water partition coefficient (Wildman–Crippen LogP) is 10.4. The summed E-state index contributed by atoms with van der Waals surface area (Å²) in [7, 11) is 0. The standard InChI is InChI=1S/C31H42N4O10S/c1-7-9-11-13-15-19(3)23-17-25(32(37)38)21(5)27(34(41)42)29(23)45-31(36)46-30-24(20(4)16-14-12-10-8-2)18-26(33(39)40)22(6)28(30)35(43)44/h17-20H,7-16H2,1-6H3. The van der Waals surface area contributed by atoms with Crippen LogP contribution in [0, 0.1) is 54.3 Å². The van der Waals surface area contributed by atoms with Crippen LogP contribution in [0.3, 0.4) is 0 Å². The van der Waals surface area contributed by atoms with Crippen molar-refractivity contribution in [3.8, 4) is 5.75 Å². The Balaban J connectivity index is 2.70. The second-order valence-electron chi connectivity index (χ2n) is 11.6. The molecular weight excluding hydrogens is 620 g/mol. The van der Waals surface area contributed by atoms with Crippen LogP contribution >= 0.6 is 11.8 Å². The fourth-order valence-corrected chi connectivity index (χ4v) is 6.51. The predicted molar refractivity (Wildman–Crippen MR) is 175 cm³/mol. The topological polar surface area (TPSA) is 199 Å². The summed E-state index contributed by atoms with van der Waals surface area (Å²) in [6.07, 6.45) is 8.23. The second kappa shape index (κ2) is 17.5. The van der Waals surface area contributed by atoms with Gasteiger partial charge in [0.15, 0.2) is 0 Å². The maximum absolute atomic E-state index is 13.6. The van der Waals surface area contributed by atoms with Crippen LogP contribution in [-0.2, 0) is 0 Å². The number of hydrogen-bond donors (Lipinski definition) is 0. The van der Waals surface area contributed by atoms with Gasteiger partial charge >= 0.3 is 11.0 Å². The van der Waals surface area contributed by atoms with E-state index in [1.165, 1.54) is 26.0 Å². The van der Waals surface area contributed by atoms with Gasteiger partial charge in [-0.2, -0.15) is 0 Å². The van der Waals surface area contributed by atoms with E-state index in [-0.39, 0.29) is 27.1 Å². The molecule has 2 aromatic rings. The average Bonchev–Trinajstić information content (AvgIpc) is 2.96. The van der Waals surface area contributed by atoms with E-state index in [2.05, 4.69) is 0 Å². The molecule has 0 amide bonds. The van der Waals surface area contributed by atoms with E-state index in [1.54, 1.807) is 13.8 Å². The van der Waals surface area contributed by atoms with Crippen LogP contribution in [0.1, 0.15) is 126 Å². The molecule has 0 aromatic heterocycles. The first-order valence-corrected chi connectivity index (χ1v) is 16.3. The largest absolute Gasteiger partial charge is 0.410 e. The molecule has 0 bridgehead atoms. The first-order valence-electron chi connectivity index (χ1n) is 15.5. The van der Waals surface area contributed by atoms with Gasteiger partial charge in [0.1, 0.15) is 16.0 Å². The van der Waals surface area contributed by atoms with Crippen LogP contribution in [0.15, 0.2) is 17.0 Å². The summed E-state index contributed by atoms with van der Waals surface area (Å²) in [6.45, 7) is 10.0. The Morgan fingerprint density at radius 1 is 0.696 bits per heavy atom. The van der Waals surface area contributed by atoms with Crippen molar-refractivity contribution in [2.24, 2.45) is 0 Å². The van der Waals surface area contributed by atoms with E-state index in [9.17, 15) is 45.3 Å². The Morgan fingerprint density at radius 2 is 1.13 bits per heavy atom. The molecule has 0 N–H and O–H groups in total. The summed E-state index contributed by atoms with van der Waals surface area (Å²) in [5.74, 6) is -1.32. The molecule has 0 aliphatic rings. The van der Waals surface area contributed by atoms with E-state index >= 15 is 0 Å². The van der Waals surface area contributed by atoms with Crippen molar-refractivity contribution in [2.75, 3.05) is 0 Å². The lowest BCUT2D eigenvalue weighted by molar-refractivity contribution is -0.397. The highest BCUT2D eigenvalue weighted by molar-refractivity contribution is 8.13. The van der Waals surface area contributed by atoms with Gasteiger partial charge in [-0.3, -0.25) is 40.5 Å². The molecule has 0 heterocycles. The van der Waals surface area contributed by atoms with Crippen LogP contribution in [0.2, 0.25) is 0 Å². The molecule has 0 aliphatic carbocycles. The number of carbonyl (C=O) groups is 1. The highest BCUT2D eigenvalue weighted by Crippen LogP contribution is 2.47. The number of nitro benzene ring substituents is 4. The van der Waals surface area contributed by atoms with E-state index in [1.807, 2.05) is 13.8 Å². The third kappa shape index (κ3) is 9.44. The number of rotatable bonds is 18. The molecule has 14 nitrogen and oxygen atoms in total. The van der Waals surface area contributed by atoms with Gasteiger partial charge in [-0.25, -0.2) is 4.79 Å². The van der Waals surface area contributed by atoms with Crippen LogP contribution in [-0.4, -0.2) is 25.0 Å². The molecule has 0 aliphatic heterocycles. The Morgan fingerprint density at radius 3 is 1.57 bits per heavy atom. The van der Waals surface area contributed by atoms with Gasteiger partial charge < -0.3 is 4.74 Å². The average molecular weight is 663 g/mol. The molecule has 0 fully saturated rings. The number of thioether (sulfide) groups is 1. The highest BCUT2D eigenvalue weighted by Gasteiger charge is 2.36. The van der Waals surface area contributed by atoms with Gasteiger partial charge in [-0.05, 0) is 44.1 Å². The molecule has 0 spiro atoms. The number of hydrogen-bond acceptors (Lipinski definition) is 11. The molecule has 2 unspecified atom stereocenters. The SMILES string of the molecule is CCCCCCC(C)c1cc([N+](=O)[O-])c(C)c([N+](=O)[O-])c1OC(=O)Sc1c(C(C)CCCCCC)cc([N+](=O)[O-])c(C)c1[N+](=O)[O-]. The van der Waals surface area contributed by atoms with Gasteiger partial charge in [0.25, 0.3) is 17.1 Å². The van der Waals surface area contributed by atoms with Crippen LogP contribution in [0.5, 0.6) is 5.75 Å². The fourth-order valence-electron chi connectivity index (χ4n) is 5.52. The first-order chi connectivity index (χ1) is 21.7. The number of ether oxygens (including phenoxy) is 1. The monoisotopic (exact) mass is 662 g/mol. The van der Waals surface area contributed by atoms with Crippen LogP contribution in [0.25, 0.3) is 0 Å². The van der Waals surface area contributed by atoms with E-state index in [0.29, 0.717) is 24.6 Å². The van der Waals surface area contributed by atoms with Gasteiger partial charge in [-0.1, -0.05) is 79.1 Å². The van der Waals surface area contributed by atoms with Crippen molar-refractivity contribution in [3.05, 3.63) is 74.8 Å². The van der Waals surface area contributed by atoms with Crippen molar-refractivity contribution in [1.82, 2.24) is 0 Å². The van der Waals surface area contributed by atoms with Gasteiger partial charge in [0, 0.05) is 29.5 Å². The van der Waals surface area contributed by atoms with E-state index < -0.39 is 65.3 Å². The summed E-state index contributed by atoms with van der Waals surface area (Å²) in [6, 6.07) is 2.42. The summed E-state index contributed by atoms with van der Waals surface area (Å²) >= 11 is 0.326. The van der Waals surface area contributed by atoms with Gasteiger partial charge in [0.05, 0.1) is 19.7 Å². The lowest BCUT2D eigenvalue weighted by atomic mass is 9.91. The summed E-state index contributed by atoms with van der Waals surface area (Å²) < 4.78 is 5.61. The van der Waals surface area contributed by atoms with Crippen LogP contribution < -0.4 is 4.74 Å². The van der Waals surface area contributed by atoms with Crippen molar-refractivity contribution >= 4 is 39.8 Å². The fraction of sp³-hybridized carbons (Fsp3) is 0.581. The smallest absolute Gasteiger partial charge is 0.378 e. The molecule has 0 radical (unpaired) electrons. The number of nitrogens with zero attached hydrogens (tertiary/aromatic N) is 4. The molecule has 252 valence electrons. The van der Waals surface area contributed by atoms with E-state index in [0.717, 1.165) is 51.4 Å². The van der Waals surface area contributed by atoms with Gasteiger partial charge in [-0.15, -0.1) is 0 Å². The van der Waals surface area contributed by atoms with Crippen LogP contribution in [0.4, 0.5) is 27.5 Å². The molecule has 2 aromatic carbocycles. The third-order valence-corrected chi connectivity index (χ3v) is 9.07. The van der Waals surface area contributed by atoms with Crippen molar-refractivity contribution in [1.29, 1.82) is 0 Å². The maximum Gasteiger partial charge on any atom is 0.378 e. The lowest BCUT2D eigenvalue weighted by Gasteiger charge is -2.19. The summed E-state index contributed by atoms with van der Waals surface area (Å²) in [5.41, 5.74) is -2.53. The normalized spacial score (nSPS) is 12.4. The first kappa shape index (κ1) is 38.0. The Labute approximate surface area is 271 Å². The molecule has 0 saturated heterocycles. The Hall–Kier alpha value is -4.14. The number of nitro groups is 4. The summed E-state index contributed by atoms with van der Waals surface area (Å²) in [4.78, 5) is 58.5. The Bertz CT molecular complexity index is 1370.